The number of hydrogen-bond acceptors (Lipinski definition) is 5. The fourth-order valence-corrected chi connectivity index (χ4v) is 6.05. The van der Waals surface area contributed by atoms with E-state index in [0.29, 0.717) is 17.1 Å². The summed E-state index contributed by atoms with van der Waals surface area (Å²) in [7, 11) is 0. The molecule has 37 heavy (non-hydrogen) atoms. The second kappa shape index (κ2) is 13.8. The van der Waals surface area contributed by atoms with Crippen LogP contribution in [0, 0.1) is 9.49 Å². The molecule has 0 amide bonds. The molecule has 200 valence electrons. The molecule has 0 heterocycles. The second-order valence-electron chi connectivity index (χ2n) is 8.20. The molecule has 0 bridgehead atoms. The number of unbranched alkanes of at least 4 members (excludes halogenated alkanes) is 1. The lowest BCUT2D eigenvalue weighted by Gasteiger charge is -2.31. The van der Waals surface area contributed by atoms with Gasteiger partial charge < -0.3 is 18.9 Å². The van der Waals surface area contributed by atoms with Crippen LogP contribution in [0.1, 0.15) is 39.2 Å². The van der Waals surface area contributed by atoms with E-state index in [4.69, 9.17) is 14.2 Å². The number of carbonyl (C=O) groups is 1. The number of alkyl halides is 3. The quantitative estimate of drug-likeness (QED) is 0.193. The van der Waals surface area contributed by atoms with Gasteiger partial charge in [-0.3, -0.25) is 0 Å². The van der Waals surface area contributed by atoms with Crippen molar-refractivity contribution in [2.24, 2.45) is 5.92 Å². The van der Waals surface area contributed by atoms with E-state index in [1.54, 1.807) is 25.1 Å². The molecule has 1 aliphatic carbocycles. The number of benzene rings is 2. The highest BCUT2D eigenvalue weighted by Crippen LogP contribution is 2.36. The van der Waals surface area contributed by atoms with E-state index in [9.17, 15) is 18.0 Å². The van der Waals surface area contributed by atoms with Gasteiger partial charge in [0.2, 0.25) is 0 Å². The van der Waals surface area contributed by atoms with Gasteiger partial charge in [0.1, 0.15) is 30.0 Å². The summed E-state index contributed by atoms with van der Waals surface area (Å²) in [4.78, 5) is 12.0. The van der Waals surface area contributed by atoms with Crippen molar-refractivity contribution in [3.05, 3.63) is 75.6 Å². The zero-order valence-corrected chi connectivity index (χ0v) is 23.0. The predicted molar refractivity (Wildman–Crippen MR) is 145 cm³/mol. The Hall–Kier alpha value is -2.66. The van der Waals surface area contributed by atoms with Gasteiger partial charge in [0.25, 0.3) is 0 Å². The second-order valence-corrected chi connectivity index (χ2v) is 10.9. The Morgan fingerprint density at radius 1 is 1.05 bits per heavy atom. The summed E-state index contributed by atoms with van der Waals surface area (Å²) in [6, 6.07) is 13.6. The van der Waals surface area contributed by atoms with Gasteiger partial charge in [-0.1, -0.05) is 69.3 Å². The Labute approximate surface area is 225 Å². The van der Waals surface area contributed by atoms with Gasteiger partial charge in [-0.05, 0) is 60.9 Å². The molecule has 2 unspecified atom stereocenters. The molecule has 2 aromatic rings. The first-order valence-electron chi connectivity index (χ1n) is 12.0. The Kier molecular flexibility index (Phi) is 10.7. The van der Waals surface area contributed by atoms with Crippen molar-refractivity contribution in [2.45, 2.75) is 46.1 Å². The first-order chi connectivity index (χ1) is 17.7. The average molecular weight is 630 g/mol. The lowest BCUT2D eigenvalue weighted by atomic mass is 9.85. The minimum atomic E-state index is -4.76. The molecule has 1 aliphatic rings. The third-order valence-corrected chi connectivity index (χ3v) is 7.85. The molecule has 0 fully saturated rings. The number of halogens is 4. The minimum absolute atomic E-state index is 0.221. The Morgan fingerprint density at radius 2 is 1.81 bits per heavy atom. The number of carbonyl (C=O) groups excluding carboxylic acids is 1. The number of ether oxygens (including phenoxy) is 4. The maximum Gasteiger partial charge on any atom is 0.573 e. The third-order valence-electron chi connectivity index (χ3n) is 5.39. The molecule has 0 saturated carbocycles. The lowest BCUT2D eigenvalue weighted by molar-refractivity contribution is -0.274. The van der Waals surface area contributed by atoms with Crippen molar-refractivity contribution in [1.82, 2.24) is 0 Å². The molecule has 3 rings (SSSR count). The van der Waals surface area contributed by atoms with E-state index >= 15 is 0 Å². The van der Waals surface area contributed by atoms with Crippen LogP contribution in [0.25, 0.3) is 5.57 Å². The van der Waals surface area contributed by atoms with Crippen LogP contribution in [-0.4, -0.2) is 35.7 Å². The smallest absolute Gasteiger partial charge is 0.464 e. The van der Waals surface area contributed by atoms with Crippen LogP contribution in [-0.2, 0) is 14.3 Å². The van der Waals surface area contributed by atoms with Gasteiger partial charge in [0.05, 0.1) is 6.61 Å². The Balaban J connectivity index is 1.86. The van der Waals surface area contributed by atoms with E-state index < -0.39 is 18.4 Å². The van der Waals surface area contributed by atoms with E-state index in [-0.39, 0.29) is 45.6 Å². The first-order valence-corrected chi connectivity index (χ1v) is 14.3. The molecule has 0 spiro atoms. The van der Waals surface area contributed by atoms with Crippen molar-refractivity contribution in [3.63, 3.8) is 0 Å². The van der Waals surface area contributed by atoms with Crippen molar-refractivity contribution < 1.29 is 36.9 Å². The van der Waals surface area contributed by atoms with E-state index in [2.05, 4.69) is 21.7 Å². The summed E-state index contributed by atoms with van der Waals surface area (Å²) < 4.78 is 62.3. The molecule has 2 atom stereocenters. The van der Waals surface area contributed by atoms with E-state index in [1.807, 2.05) is 31.2 Å². The fourth-order valence-electron chi connectivity index (χ4n) is 3.70. The van der Waals surface area contributed by atoms with Crippen LogP contribution in [0.2, 0.25) is 0 Å². The number of hydrogen-bond donors (Lipinski definition) is 0. The zero-order valence-electron chi connectivity index (χ0n) is 20.9. The van der Waals surface area contributed by atoms with Gasteiger partial charge in [0.15, 0.2) is 0 Å². The molecule has 0 saturated heterocycles. The van der Waals surface area contributed by atoms with Crippen molar-refractivity contribution >= 4 is 36.3 Å². The molecular weight excluding hydrogens is 600 g/mol. The summed E-state index contributed by atoms with van der Waals surface area (Å²) >= 11 is -0.221. The average Bonchev–Trinajstić information content (AvgIpc) is 2.84. The van der Waals surface area contributed by atoms with Crippen LogP contribution in [0.4, 0.5) is 13.2 Å². The fraction of sp³-hybridized carbons (Fsp3) is 0.357. The van der Waals surface area contributed by atoms with Crippen molar-refractivity contribution in [2.75, 3.05) is 13.2 Å². The highest BCUT2D eigenvalue weighted by Gasteiger charge is 2.33. The van der Waals surface area contributed by atoms with Crippen LogP contribution in [0.15, 0.2) is 66.4 Å². The van der Waals surface area contributed by atoms with Crippen molar-refractivity contribution in [1.29, 1.82) is 0 Å². The maximum atomic E-state index is 12.5. The van der Waals surface area contributed by atoms with Crippen LogP contribution in [0.5, 0.6) is 11.5 Å². The normalized spacial score (nSPS) is 18.0. The van der Waals surface area contributed by atoms with Crippen LogP contribution < -0.4 is 9.47 Å². The zero-order chi connectivity index (χ0) is 26.8. The van der Waals surface area contributed by atoms with Gasteiger partial charge in [-0.2, -0.15) is 0 Å². The lowest BCUT2D eigenvalue weighted by Crippen LogP contribution is -2.32. The first kappa shape index (κ1) is 28.9. The molecular formula is C28H30F3IO5. The van der Waals surface area contributed by atoms with Crippen molar-refractivity contribution in [3.8, 4) is 11.5 Å². The summed E-state index contributed by atoms with van der Waals surface area (Å²) in [5.41, 5.74) is 1.54. The molecule has 5 nitrogen and oxygen atoms in total. The largest absolute Gasteiger partial charge is 0.573 e. The van der Waals surface area contributed by atoms with Crippen LogP contribution in [0.3, 0.4) is 0 Å². The summed E-state index contributed by atoms with van der Waals surface area (Å²) in [6.45, 7) is 5.77. The molecule has 0 N–H and O–H groups in total. The van der Waals surface area contributed by atoms with E-state index in [0.717, 1.165) is 18.4 Å². The Morgan fingerprint density at radius 3 is 2.49 bits per heavy atom. The highest BCUT2D eigenvalue weighted by molar-refractivity contribution is 14.2. The van der Waals surface area contributed by atoms with Crippen LogP contribution >= 0.6 is 20.7 Å². The maximum absolute atomic E-state index is 12.5. The SMILES string of the molecule is CCCC=Ic1cccc(OC2=CC=C(c3ccc(OC(F)(F)F)cc3)C(C)C2OCC(=O)OCC)c1. The number of esters is 1. The Bertz CT molecular complexity index is 1140. The number of rotatable bonds is 11. The topological polar surface area (TPSA) is 54.0 Å². The molecule has 9 heteroatoms. The standard InChI is InChI=1S/C28H30F3IO5/c1-4-6-16-32-21-8-7-9-23(17-21)36-25-15-14-24(19(3)27(25)35-18-26(33)34-5-2)20-10-12-22(13-11-20)37-28(29,30)31/h7-17,19,27H,4-6,18H2,1-3H3. The minimum Gasteiger partial charge on any atom is -0.464 e. The van der Waals surface area contributed by atoms with Gasteiger partial charge in [0, 0.05) is 9.49 Å². The number of allylic oxidation sites excluding steroid dienone is 2. The highest BCUT2D eigenvalue weighted by atomic mass is 127. The molecule has 0 aliphatic heterocycles. The van der Waals surface area contributed by atoms with Gasteiger partial charge in [-0.15, -0.1) is 13.2 Å². The monoisotopic (exact) mass is 630 g/mol. The summed E-state index contributed by atoms with van der Waals surface area (Å²) in [5.74, 6) is 0.157. The molecule has 0 radical (unpaired) electrons. The van der Waals surface area contributed by atoms with Gasteiger partial charge in [-0.25, -0.2) is 4.79 Å². The summed E-state index contributed by atoms with van der Waals surface area (Å²) in [5, 5.41) is 0. The van der Waals surface area contributed by atoms with E-state index in [1.165, 1.54) is 15.7 Å². The molecule has 2 aromatic carbocycles. The molecule has 0 aromatic heterocycles. The third kappa shape index (κ3) is 8.99. The van der Waals surface area contributed by atoms with Gasteiger partial charge >= 0.3 is 12.3 Å². The predicted octanol–water partition coefficient (Wildman–Crippen LogP) is 7.27. The summed E-state index contributed by atoms with van der Waals surface area (Å²) in [6.07, 6.45) is 0.466.